The lowest BCUT2D eigenvalue weighted by molar-refractivity contribution is 1.35. The smallest absolute Gasteiger partial charge is 0.133 e. The second kappa shape index (κ2) is 5.80. The molecule has 22 heavy (non-hydrogen) atoms. The van der Waals surface area contributed by atoms with Gasteiger partial charge in [-0.25, -0.2) is 4.98 Å². The highest BCUT2D eigenvalue weighted by Gasteiger charge is 2.16. The van der Waals surface area contributed by atoms with Gasteiger partial charge in [0.2, 0.25) is 0 Å². The lowest BCUT2D eigenvalue weighted by Gasteiger charge is -2.02. The van der Waals surface area contributed by atoms with Gasteiger partial charge in [0.25, 0.3) is 0 Å². The van der Waals surface area contributed by atoms with Gasteiger partial charge in [-0.05, 0) is 24.6 Å². The van der Waals surface area contributed by atoms with Crippen LogP contribution in [0.2, 0.25) is 5.02 Å². The Hall–Kier alpha value is -2.35. The molecule has 0 spiro atoms. The molecule has 108 valence electrons. The van der Waals surface area contributed by atoms with Crippen molar-refractivity contribution in [1.82, 2.24) is 4.98 Å². The first-order chi connectivity index (χ1) is 10.6. The Morgan fingerprint density at radius 2 is 2.00 bits per heavy atom. The van der Waals surface area contributed by atoms with Gasteiger partial charge in [-0.15, -0.1) is 11.3 Å². The third-order valence-electron chi connectivity index (χ3n) is 3.37. The Morgan fingerprint density at radius 1 is 1.23 bits per heavy atom. The number of nitriles is 1. The maximum Gasteiger partial charge on any atom is 0.133 e. The quantitative estimate of drug-likeness (QED) is 0.682. The predicted molar refractivity (Wildman–Crippen MR) is 91.9 cm³/mol. The molecule has 0 aliphatic carbocycles. The monoisotopic (exact) mass is 325 g/mol. The summed E-state index contributed by atoms with van der Waals surface area (Å²) in [7, 11) is 0. The molecule has 0 saturated carbocycles. The predicted octanol–water partition coefficient (Wildman–Crippen LogP) is 4.89. The van der Waals surface area contributed by atoms with Crippen molar-refractivity contribution in [3.63, 3.8) is 0 Å². The molecule has 0 saturated heterocycles. The molecule has 2 aromatic carbocycles. The lowest BCUT2D eigenvalue weighted by atomic mass is 10.1. The van der Waals surface area contributed by atoms with Crippen LogP contribution in [0.25, 0.3) is 21.8 Å². The summed E-state index contributed by atoms with van der Waals surface area (Å²) in [6, 6.07) is 15.5. The molecule has 5 heteroatoms. The molecule has 0 unspecified atom stereocenters. The zero-order chi connectivity index (χ0) is 15.7. The second-order valence-corrected chi connectivity index (χ2v) is 6.27. The molecule has 0 radical (unpaired) electrons. The molecule has 0 bridgehead atoms. The van der Waals surface area contributed by atoms with Crippen LogP contribution in [0.15, 0.2) is 42.5 Å². The normalized spacial score (nSPS) is 10.4. The van der Waals surface area contributed by atoms with Crippen molar-refractivity contribution in [3.05, 3.63) is 57.9 Å². The number of hydrogen-bond acceptors (Lipinski definition) is 4. The summed E-state index contributed by atoms with van der Waals surface area (Å²) >= 11 is 7.31. The molecule has 0 amide bonds. The summed E-state index contributed by atoms with van der Waals surface area (Å²) in [6.45, 7) is 2.01. The summed E-state index contributed by atoms with van der Waals surface area (Å²) in [5.41, 5.74) is 10.0. The van der Waals surface area contributed by atoms with Crippen molar-refractivity contribution in [2.75, 3.05) is 5.73 Å². The number of aryl methyl sites for hydroxylation is 1. The van der Waals surface area contributed by atoms with Crippen LogP contribution in [0.1, 0.15) is 10.4 Å². The number of nitrogen functional groups attached to an aromatic ring is 1. The van der Waals surface area contributed by atoms with Crippen LogP contribution < -0.4 is 5.73 Å². The Morgan fingerprint density at radius 3 is 2.68 bits per heavy atom. The van der Waals surface area contributed by atoms with E-state index in [1.54, 1.807) is 12.1 Å². The molecule has 2 N–H and O–H groups in total. The van der Waals surface area contributed by atoms with Crippen molar-refractivity contribution in [2.24, 2.45) is 0 Å². The average Bonchev–Trinajstić information content (AvgIpc) is 2.94. The Balaban J connectivity index is 2.15. The number of hydrogen-bond donors (Lipinski definition) is 1. The van der Waals surface area contributed by atoms with Crippen LogP contribution in [-0.2, 0) is 0 Å². The van der Waals surface area contributed by atoms with E-state index in [2.05, 4.69) is 11.1 Å². The number of rotatable bonds is 2. The standard InChI is InChI=1S/C17H12ClN3S/c1-10-4-2-3-5-12(10)16-15(9-19)22-17(21-16)11-6-7-13(18)14(20)8-11/h2-8H,20H2,1H3. The Kier molecular flexibility index (Phi) is 3.84. The zero-order valence-corrected chi connectivity index (χ0v) is 13.4. The number of benzene rings is 2. The van der Waals surface area contributed by atoms with Crippen LogP contribution >= 0.6 is 22.9 Å². The molecular formula is C17H12ClN3S. The molecule has 0 fully saturated rings. The van der Waals surface area contributed by atoms with Crippen molar-refractivity contribution in [2.45, 2.75) is 6.92 Å². The van der Waals surface area contributed by atoms with E-state index in [9.17, 15) is 5.26 Å². The van der Waals surface area contributed by atoms with Crippen molar-refractivity contribution in [1.29, 1.82) is 5.26 Å². The van der Waals surface area contributed by atoms with Crippen molar-refractivity contribution < 1.29 is 0 Å². The van der Waals surface area contributed by atoms with Crippen LogP contribution in [-0.4, -0.2) is 4.98 Å². The van der Waals surface area contributed by atoms with Gasteiger partial charge in [0.1, 0.15) is 21.6 Å². The van der Waals surface area contributed by atoms with Crippen molar-refractivity contribution in [3.8, 4) is 27.9 Å². The molecule has 3 aromatic rings. The SMILES string of the molecule is Cc1ccccc1-c1nc(-c2ccc(Cl)c(N)c2)sc1C#N. The number of aromatic nitrogens is 1. The topological polar surface area (TPSA) is 62.7 Å². The van der Waals surface area contributed by atoms with E-state index in [1.165, 1.54) is 11.3 Å². The molecule has 0 aliphatic heterocycles. The van der Waals surface area contributed by atoms with Gasteiger partial charge >= 0.3 is 0 Å². The maximum absolute atomic E-state index is 9.40. The Labute approximate surface area is 137 Å². The summed E-state index contributed by atoms with van der Waals surface area (Å²) in [5.74, 6) is 0. The number of thiazole rings is 1. The first-order valence-electron chi connectivity index (χ1n) is 6.62. The van der Waals surface area contributed by atoms with Gasteiger partial charge < -0.3 is 5.73 Å². The minimum Gasteiger partial charge on any atom is -0.398 e. The summed E-state index contributed by atoms with van der Waals surface area (Å²) in [6.07, 6.45) is 0. The van der Waals surface area contributed by atoms with E-state index in [0.29, 0.717) is 21.3 Å². The fourth-order valence-electron chi connectivity index (χ4n) is 2.22. The lowest BCUT2D eigenvalue weighted by Crippen LogP contribution is -1.88. The Bertz CT molecular complexity index is 893. The van der Waals surface area contributed by atoms with E-state index in [0.717, 1.165) is 21.7 Å². The molecule has 3 rings (SSSR count). The van der Waals surface area contributed by atoms with Gasteiger partial charge in [-0.2, -0.15) is 5.26 Å². The fraction of sp³-hybridized carbons (Fsp3) is 0.0588. The minimum atomic E-state index is 0.505. The van der Waals surface area contributed by atoms with E-state index in [1.807, 2.05) is 37.3 Å². The molecule has 3 nitrogen and oxygen atoms in total. The largest absolute Gasteiger partial charge is 0.398 e. The first-order valence-corrected chi connectivity index (χ1v) is 7.82. The van der Waals surface area contributed by atoms with E-state index >= 15 is 0 Å². The molecule has 1 heterocycles. The minimum absolute atomic E-state index is 0.505. The second-order valence-electron chi connectivity index (χ2n) is 4.86. The first kappa shape index (κ1) is 14.6. The fourth-order valence-corrected chi connectivity index (χ4v) is 3.21. The van der Waals surface area contributed by atoms with E-state index in [-0.39, 0.29) is 0 Å². The van der Waals surface area contributed by atoms with Gasteiger partial charge in [-0.3, -0.25) is 0 Å². The third kappa shape index (κ3) is 2.57. The summed E-state index contributed by atoms with van der Waals surface area (Å²) in [4.78, 5) is 5.25. The van der Waals surface area contributed by atoms with Crippen molar-refractivity contribution >= 4 is 28.6 Å². The molecule has 1 aromatic heterocycles. The van der Waals surface area contributed by atoms with Crippen LogP contribution in [0.4, 0.5) is 5.69 Å². The van der Waals surface area contributed by atoms with Gasteiger partial charge in [0, 0.05) is 11.1 Å². The van der Waals surface area contributed by atoms with Crippen LogP contribution in [0.5, 0.6) is 0 Å². The van der Waals surface area contributed by atoms with E-state index in [4.69, 9.17) is 17.3 Å². The van der Waals surface area contributed by atoms with Gasteiger partial charge in [0.05, 0.1) is 10.7 Å². The van der Waals surface area contributed by atoms with Crippen LogP contribution in [0, 0.1) is 18.3 Å². The van der Waals surface area contributed by atoms with Crippen LogP contribution in [0.3, 0.4) is 0 Å². The number of halogens is 1. The maximum atomic E-state index is 9.40. The number of anilines is 1. The highest BCUT2D eigenvalue weighted by molar-refractivity contribution is 7.16. The third-order valence-corrected chi connectivity index (χ3v) is 4.73. The summed E-state index contributed by atoms with van der Waals surface area (Å²) < 4.78 is 0. The molecule has 0 atom stereocenters. The van der Waals surface area contributed by atoms with E-state index < -0.39 is 0 Å². The average molecular weight is 326 g/mol. The highest BCUT2D eigenvalue weighted by atomic mass is 35.5. The van der Waals surface area contributed by atoms with Gasteiger partial charge in [0.15, 0.2) is 0 Å². The number of nitrogens with two attached hydrogens (primary N) is 1. The summed E-state index contributed by atoms with van der Waals surface area (Å²) in [5, 5.41) is 10.7. The molecule has 0 aliphatic rings. The molecular weight excluding hydrogens is 314 g/mol. The van der Waals surface area contributed by atoms with Gasteiger partial charge in [-0.1, -0.05) is 41.9 Å². The number of nitrogens with zero attached hydrogens (tertiary/aromatic N) is 2. The zero-order valence-electron chi connectivity index (χ0n) is 11.8. The highest BCUT2D eigenvalue weighted by Crippen LogP contribution is 2.36.